The topological polar surface area (TPSA) is 32.7 Å². The molecular weight excluding hydrogens is 178 g/mol. The van der Waals surface area contributed by atoms with Gasteiger partial charge in [-0.25, -0.2) is 0 Å². The molecule has 14 heavy (non-hydrogen) atoms. The van der Waals surface area contributed by atoms with E-state index in [9.17, 15) is 5.11 Å². The minimum absolute atomic E-state index is 0.484. The normalized spacial score (nSPS) is 27.6. The third-order valence-electron chi connectivity index (χ3n) is 3.67. The van der Waals surface area contributed by atoms with Gasteiger partial charge in [0.1, 0.15) is 0 Å². The highest BCUT2D eigenvalue weighted by Gasteiger charge is 2.33. The van der Waals surface area contributed by atoms with Crippen LogP contribution in [0.1, 0.15) is 32.1 Å². The van der Waals surface area contributed by atoms with Crippen molar-refractivity contribution in [3.63, 3.8) is 0 Å². The van der Waals surface area contributed by atoms with Crippen molar-refractivity contribution < 1.29 is 9.84 Å². The van der Waals surface area contributed by atoms with Crippen LogP contribution in [0, 0.1) is 0 Å². The van der Waals surface area contributed by atoms with Crippen molar-refractivity contribution in [3.05, 3.63) is 0 Å². The molecule has 0 bridgehead atoms. The largest absolute Gasteiger partial charge is 0.388 e. The van der Waals surface area contributed by atoms with Gasteiger partial charge in [0.25, 0.3) is 0 Å². The van der Waals surface area contributed by atoms with E-state index in [1.165, 1.54) is 19.3 Å². The average Bonchev–Trinajstić information content (AvgIpc) is 2.00. The van der Waals surface area contributed by atoms with Crippen molar-refractivity contribution in [2.45, 2.75) is 43.7 Å². The Bertz CT molecular complexity index is 186. The van der Waals surface area contributed by atoms with Crippen molar-refractivity contribution >= 4 is 0 Å². The molecule has 1 aliphatic heterocycles. The highest BCUT2D eigenvalue weighted by atomic mass is 16.5. The summed E-state index contributed by atoms with van der Waals surface area (Å²) in [6.45, 7) is 2.26. The van der Waals surface area contributed by atoms with E-state index in [1.54, 1.807) is 0 Å². The Hall–Kier alpha value is -0.120. The summed E-state index contributed by atoms with van der Waals surface area (Å²) < 4.78 is 5.27. The molecule has 0 spiro atoms. The zero-order chi connectivity index (χ0) is 10.0. The molecule has 1 saturated heterocycles. The van der Waals surface area contributed by atoms with E-state index in [4.69, 9.17) is 4.74 Å². The maximum absolute atomic E-state index is 10.3. The Morgan fingerprint density at radius 3 is 2.50 bits per heavy atom. The zero-order valence-corrected chi connectivity index (χ0v) is 9.04. The van der Waals surface area contributed by atoms with E-state index in [0.717, 1.165) is 38.6 Å². The SMILES string of the molecule is CN(CC1(O)CCOCC1)C1CCC1. The van der Waals surface area contributed by atoms with Crippen LogP contribution in [0.15, 0.2) is 0 Å². The van der Waals surface area contributed by atoms with Crippen LogP contribution >= 0.6 is 0 Å². The number of hydrogen-bond donors (Lipinski definition) is 1. The van der Waals surface area contributed by atoms with Gasteiger partial charge >= 0.3 is 0 Å². The van der Waals surface area contributed by atoms with Gasteiger partial charge in [0.2, 0.25) is 0 Å². The molecule has 0 radical (unpaired) electrons. The minimum atomic E-state index is -0.484. The fourth-order valence-corrected chi connectivity index (χ4v) is 2.33. The monoisotopic (exact) mass is 199 g/mol. The average molecular weight is 199 g/mol. The Morgan fingerprint density at radius 1 is 1.36 bits per heavy atom. The molecule has 1 saturated carbocycles. The molecule has 0 amide bonds. The van der Waals surface area contributed by atoms with Crippen molar-refractivity contribution in [1.82, 2.24) is 4.90 Å². The molecule has 0 aromatic carbocycles. The summed E-state index contributed by atoms with van der Waals surface area (Å²) in [6, 6.07) is 0.724. The number of nitrogens with zero attached hydrogens (tertiary/aromatic N) is 1. The lowest BCUT2D eigenvalue weighted by Gasteiger charge is -2.41. The van der Waals surface area contributed by atoms with Crippen molar-refractivity contribution in [3.8, 4) is 0 Å². The maximum Gasteiger partial charge on any atom is 0.0817 e. The first kappa shape index (κ1) is 10.4. The van der Waals surface area contributed by atoms with Gasteiger partial charge in [-0.1, -0.05) is 6.42 Å². The van der Waals surface area contributed by atoms with Gasteiger partial charge in [0, 0.05) is 38.6 Å². The molecule has 1 N–H and O–H groups in total. The smallest absolute Gasteiger partial charge is 0.0817 e. The first-order valence-electron chi connectivity index (χ1n) is 5.70. The molecule has 3 nitrogen and oxygen atoms in total. The lowest BCUT2D eigenvalue weighted by atomic mass is 9.88. The van der Waals surface area contributed by atoms with Crippen LogP contribution in [0.2, 0.25) is 0 Å². The highest BCUT2D eigenvalue weighted by molar-refractivity contribution is 4.88. The number of aliphatic hydroxyl groups is 1. The second-order valence-electron chi connectivity index (χ2n) is 4.84. The molecule has 82 valence electrons. The molecule has 0 aromatic rings. The van der Waals surface area contributed by atoms with Gasteiger partial charge in [0.05, 0.1) is 5.60 Å². The molecule has 2 fully saturated rings. The molecule has 1 aliphatic carbocycles. The van der Waals surface area contributed by atoms with Gasteiger partial charge in [-0.15, -0.1) is 0 Å². The Kier molecular flexibility index (Phi) is 3.10. The Morgan fingerprint density at radius 2 is 2.00 bits per heavy atom. The number of hydrogen-bond acceptors (Lipinski definition) is 3. The summed E-state index contributed by atoms with van der Waals surface area (Å²) >= 11 is 0. The van der Waals surface area contributed by atoms with E-state index in [-0.39, 0.29) is 0 Å². The fraction of sp³-hybridized carbons (Fsp3) is 1.00. The standard InChI is InChI=1S/C11H21NO2/c1-12(10-3-2-4-10)9-11(13)5-7-14-8-6-11/h10,13H,2-9H2,1H3. The lowest BCUT2D eigenvalue weighted by molar-refractivity contribution is -0.0850. The summed E-state index contributed by atoms with van der Waals surface area (Å²) in [5.41, 5.74) is -0.484. The maximum atomic E-state index is 10.3. The van der Waals surface area contributed by atoms with E-state index in [0.29, 0.717) is 0 Å². The summed E-state index contributed by atoms with van der Waals surface area (Å²) in [5, 5.41) is 10.3. The molecular formula is C11H21NO2. The summed E-state index contributed by atoms with van der Waals surface area (Å²) in [5.74, 6) is 0. The predicted molar refractivity (Wildman–Crippen MR) is 55.3 cm³/mol. The highest BCUT2D eigenvalue weighted by Crippen LogP contribution is 2.27. The molecule has 0 aromatic heterocycles. The molecule has 0 unspecified atom stereocenters. The third-order valence-corrected chi connectivity index (χ3v) is 3.67. The first-order valence-corrected chi connectivity index (χ1v) is 5.70. The van der Waals surface area contributed by atoms with Crippen LogP contribution in [-0.4, -0.2) is 48.5 Å². The van der Waals surface area contributed by atoms with Crippen molar-refractivity contribution in [1.29, 1.82) is 0 Å². The number of rotatable bonds is 3. The van der Waals surface area contributed by atoms with Crippen LogP contribution in [0.4, 0.5) is 0 Å². The van der Waals surface area contributed by atoms with Crippen LogP contribution in [0.5, 0.6) is 0 Å². The van der Waals surface area contributed by atoms with Crippen molar-refractivity contribution in [2.24, 2.45) is 0 Å². The van der Waals surface area contributed by atoms with E-state index >= 15 is 0 Å². The van der Waals surface area contributed by atoms with Gasteiger partial charge in [0.15, 0.2) is 0 Å². The van der Waals surface area contributed by atoms with Crippen molar-refractivity contribution in [2.75, 3.05) is 26.8 Å². The predicted octanol–water partition coefficient (Wildman–Crippen LogP) is 1.01. The van der Waals surface area contributed by atoms with E-state index < -0.39 is 5.60 Å². The second kappa shape index (κ2) is 4.17. The van der Waals surface area contributed by atoms with Gasteiger partial charge in [-0.05, 0) is 19.9 Å². The second-order valence-corrected chi connectivity index (χ2v) is 4.84. The molecule has 2 aliphatic rings. The zero-order valence-electron chi connectivity index (χ0n) is 9.04. The van der Waals surface area contributed by atoms with Gasteiger partial charge in [-0.2, -0.15) is 0 Å². The molecule has 3 heteroatoms. The summed E-state index contributed by atoms with van der Waals surface area (Å²) in [7, 11) is 2.14. The summed E-state index contributed by atoms with van der Waals surface area (Å²) in [6.07, 6.45) is 5.57. The molecule has 1 heterocycles. The minimum Gasteiger partial charge on any atom is -0.388 e. The fourth-order valence-electron chi connectivity index (χ4n) is 2.33. The van der Waals surface area contributed by atoms with E-state index in [1.807, 2.05) is 0 Å². The third kappa shape index (κ3) is 2.27. The molecule has 2 rings (SSSR count). The van der Waals surface area contributed by atoms with E-state index in [2.05, 4.69) is 11.9 Å². The Balaban J connectivity index is 1.81. The van der Waals surface area contributed by atoms with Crippen LogP contribution in [0.3, 0.4) is 0 Å². The Labute approximate surface area is 86.0 Å². The van der Waals surface area contributed by atoms with Crippen LogP contribution in [-0.2, 0) is 4.74 Å². The van der Waals surface area contributed by atoms with Gasteiger partial charge < -0.3 is 14.7 Å². The van der Waals surface area contributed by atoms with Crippen LogP contribution in [0.25, 0.3) is 0 Å². The lowest BCUT2D eigenvalue weighted by Crippen LogP contribution is -2.50. The number of ether oxygens (including phenoxy) is 1. The summed E-state index contributed by atoms with van der Waals surface area (Å²) in [4.78, 5) is 2.33. The first-order chi connectivity index (χ1) is 6.70. The van der Waals surface area contributed by atoms with Crippen LogP contribution < -0.4 is 0 Å². The molecule has 0 atom stereocenters. The quantitative estimate of drug-likeness (QED) is 0.736. The number of likely N-dealkylation sites (N-methyl/N-ethyl adjacent to an activating group) is 1. The van der Waals surface area contributed by atoms with Gasteiger partial charge in [-0.3, -0.25) is 0 Å².